The van der Waals surface area contributed by atoms with E-state index in [1.165, 1.54) is 11.8 Å². The summed E-state index contributed by atoms with van der Waals surface area (Å²) in [5, 5.41) is 1.97. The molecule has 90 valence electrons. The number of hydrogen-bond acceptors (Lipinski definition) is 4. The van der Waals surface area contributed by atoms with E-state index in [2.05, 4.69) is 15.0 Å². The number of nitrogen functional groups attached to an aromatic ring is 1. The Labute approximate surface area is 113 Å². The van der Waals surface area contributed by atoms with Crippen molar-refractivity contribution in [2.45, 2.75) is 10.2 Å². The Morgan fingerprint density at radius 1 is 1.28 bits per heavy atom. The van der Waals surface area contributed by atoms with Crippen molar-refractivity contribution in [2.75, 3.05) is 5.73 Å². The number of para-hydroxylation sites is 2. The first-order chi connectivity index (χ1) is 8.72. The zero-order valence-corrected chi connectivity index (χ0v) is 10.8. The van der Waals surface area contributed by atoms with Crippen molar-refractivity contribution in [2.24, 2.45) is 0 Å². The number of fused-ring (bicyclic) bond motifs is 1. The molecule has 0 bridgehead atoms. The fourth-order valence-electron chi connectivity index (χ4n) is 1.58. The van der Waals surface area contributed by atoms with E-state index in [0.29, 0.717) is 15.7 Å². The van der Waals surface area contributed by atoms with Crippen molar-refractivity contribution < 1.29 is 0 Å². The van der Waals surface area contributed by atoms with E-state index >= 15 is 0 Å². The lowest BCUT2D eigenvalue weighted by Gasteiger charge is -2.00. The van der Waals surface area contributed by atoms with Crippen molar-refractivity contribution in [1.82, 2.24) is 15.0 Å². The minimum Gasteiger partial charge on any atom is -0.397 e. The highest BCUT2D eigenvalue weighted by atomic mass is 35.5. The summed E-state index contributed by atoms with van der Waals surface area (Å²) < 4.78 is 0. The smallest absolute Gasteiger partial charge is 0.172 e. The van der Waals surface area contributed by atoms with Crippen LogP contribution in [0.15, 0.2) is 46.7 Å². The van der Waals surface area contributed by atoms with Crippen LogP contribution in [0, 0.1) is 0 Å². The van der Waals surface area contributed by atoms with E-state index in [9.17, 15) is 0 Å². The fourth-order valence-corrected chi connectivity index (χ4v) is 2.63. The maximum absolute atomic E-state index is 6.07. The van der Waals surface area contributed by atoms with Crippen LogP contribution >= 0.6 is 23.4 Å². The monoisotopic (exact) mass is 276 g/mol. The van der Waals surface area contributed by atoms with Gasteiger partial charge in [0.05, 0.1) is 27.9 Å². The molecule has 1 aromatic carbocycles. The number of imidazole rings is 1. The predicted octanol–water partition coefficient (Wildman–Crippen LogP) is 3.34. The summed E-state index contributed by atoms with van der Waals surface area (Å²) in [5.74, 6) is 0. The molecule has 3 rings (SSSR count). The van der Waals surface area contributed by atoms with Crippen LogP contribution in [-0.4, -0.2) is 15.0 Å². The number of benzene rings is 1. The van der Waals surface area contributed by atoms with Crippen LogP contribution in [0.2, 0.25) is 5.02 Å². The molecule has 0 saturated carbocycles. The Balaban J connectivity index is 1.96. The molecule has 2 aromatic heterocycles. The largest absolute Gasteiger partial charge is 0.397 e. The number of aromatic amines is 1. The van der Waals surface area contributed by atoms with Crippen molar-refractivity contribution in [3.05, 3.63) is 41.6 Å². The Bertz CT molecular complexity index is 677. The van der Waals surface area contributed by atoms with Gasteiger partial charge in [-0.25, -0.2) is 9.97 Å². The van der Waals surface area contributed by atoms with E-state index in [1.54, 1.807) is 12.3 Å². The lowest BCUT2D eigenvalue weighted by molar-refractivity contribution is 1.06. The first-order valence-corrected chi connectivity index (χ1v) is 6.45. The minimum absolute atomic E-state index is 0.528. The topological polar surface area (TPSA) is 67.6 Å². The molecule has 6 heteroatoms. The molecule has 0 atom stereocenters. The molecule has 0 aliphatic carbocycles. The highest BCUT2D eigenvalue weighted by Crippen LogP contribution is 2.31. The van der Waals surface area contributed by atoms with Crippen molar-refractivity contribution >= 4 is 40.1 Å². The van der Waals surface area contributed by atoms with E-state index in [-0.39, 0.29) is 0 Å². The quantitative estimate of drug-likeness (QED) is 0.753. The first kappa shape index (κ1) is 11.4. The second kappa shape index (κ2) is 4.51. The van der Waals surface area contributed by atoms with E-state index in [1.807, 2.05) is 24.3 Å². The number of halogens is 1. The summed E-state index contributed by atoms with van der Waals surface area (Å²) in [6, 6.07) is 9.52. The summed E-state index contributed by atoms with van der Waals surface area (Å²) in [6.07, 6.45) is 1.58. The molecule has 3 aromatic rings. The molecule has 0 spiro atoms. The Morgan fingerprint density at radius 2 is 2.11 bits per heavy atom. The standard InChI is InChI=1S/C12H9ClN4S/c13-8-5-7(14)6-15-11(8)18-12-16-9-3-1-2-4-10(9)17-12/h1-6H,14H2,(H,16,17). The van der Waals surface area contributed by atoms with Gasteiger partial charge >= 0.3 is 0 Å². The van der Waals surface area contributed by atoms with Crippen molar-refractivity contribution in [3.63, 3.8) is 0 Å². The average molecular weight is 277 g/mol. The second-order valence-electron chi connectivity index (χ2n) is 3.72. The zero-order chi connectivity index (χ0) is 12.5. The summed E-state index contributed by atoms with van der Waals surface area (Å²) in [5.41, 5.74) is 8.07. The average Bonchev–Trinajstić information content (AvgIpc) is 2.75. The summed E-state index contributed by atoms with van der Waals surface area (Å²) in [7, 11) is 0. The van der Waals surface area contributed by atoms with E-state index in [0.717, 1.165) is 16.2 Å². The number of nitrogens with one attached hydrogen (secondary N) is 1. The van der Waals surface area contributed by atoms with Gasteiger partial charge in [0, 0.05) is 0 Å². The third-order valence-corrected chi connectivity index (χ3v) is 3.70. The summed E-state index contributed by atoms with van der Waals surface area (Å²) in [6.45, 7) is 0. The van der Waals surface area contributed by atoms with Gasteiger partial charge in [0.15, 0.2) is 5.16 Å². The Hall–Kier alpha value is -1.72. The van der Waals surface area contributed by atoms with Crippen molar-refractivity contribution in [1.29, 1.82) is 0 Å². The molecule has 0 unspecified atom stereocenters. The van der Waals surface area contributed by atoms with Gasteiger partial charge in [-0.2, -0.15) is 0 Å². The van der Waals surface area contributed by atoms with Crippen LogP contribution in [0.5, 0.6) is 0 Å². The van der Waals surface area contributed by atoms with Gasteiger partial charge in [-0.05, 0) is 30.0 Å². The maximum Gasteiger partial charge on any atom is 0.172 e. The molecule has 3 N–H and O–H groups in total. The fraction of sp³-hybridized carbons (Fsp3) is 0. The number of pyridine rings is 1. The third-order valence-electron chi connectivity index (χ3n) is 2.39. The van der Waals surface area contributed by atoms with Crippen LogP contribution in [0.25, 0.3) is 11.0 Å². The molecule has 0 radical (unpaired) electrons. The molecule has 0 fully saturated rings. The summed E-state index contributed by atoms with van der Waals surface area (Å²) >= 11 is 7.46. The highest BCUT2D eigenvalue weighted by molar-refractivity contribution is 7.99. The number of anilines is 1. The number of rotatable bonds is 2. The van der Waals surface area contributed by atoms with Gasteiger partial charge in [-0.3, -0.25) is 0 Å². The molecule has 2 heterocycles. The van der Waals surface area contributed by atoms with Crippen LogP contribution in [0.4, 0.5) is 5.69 Å². The van der Waals surface area contributed by atoms with Crippen LogP contribution < -0.4 is 5.73 Å². The lowest BCUT2D eigenvalue weighted by Crippen LogP contribution is -1.89. The third kappa shape index (κ3) is 2.14. The van der Waals surface area contributed by atoms with E-state index < -0.39 is 0 Å². The molecule has 0 amide bonds. The van der Waals surface area contributed by atoms with Crippen LogP contribution in [-0.2, 0) is 0 Å². The molecule has 0 aliphatic rings. The SMILES string of the molecule is Nc1cnc(Sc2nc3ccccc3[nH]2)c(Cl)c1. The normalized spacial score (nSPS) is 10.9. The highest BCUT2D eigenvalue weighted by Gasteiger charge is 2.08. The lowest BCUT2D eigenvalue weighted by atomic mass is 10.3. The van der Waals surface area contributed by atoms with Crippen LogP contribution in [0.1, 0.15) is 0 Å². The van der Waals surface area contributed by atoms with Gasteiger partial charge in [0.1, 0.15) is 5.03 Å². The van der Waals surface area contributed by atoms with Gasteiger partial charge in [-0.1, -0.05) is 23.7 Å². The Morgan fingerprint density at radius 3 is 2.89 bits per heavy atom. The molecule has 0 aliphatic heterocycles. The number of hydrogen-bond donors (Lipinski definition) is 2. The number of nitrogens with two attached hydrogens (primary N) is 1. The molecular weight excluding hydrogens is 268 g/mol. The molecular formula is C12H9ClN4S. The van der Waals surface area contributed by atoms with Gasteiger partial charge < -0.3 is 10.7 Å². The van der Waals surface area contributed by atoms with Crippen LogP contribution in [0.3, 0.4) is 0 Å². The van der Waals surface area contributed by atoms with E-state index in [4.69, 9.17) is 17.3 Å². The first-order valence-electron chi connectivity index (χ1n) is 5.26. The zero-order valence-electron chi connectivity index (χ0n) is 9.22. The number of aromatic nitrogens is 3. The summed E-state index contributed by atoms with van der Waals surface area (Å²) in [4.78, 5) is 11.8. The van der Waals surface area contributed by atoms with Gasteiger partial charge in [-0.15, -0.1) is 0 Å². The van der Waals surface area contributed by atoms with Gasteiger partial charge in [0.25, 0.3) is 0 Å². The number of nitrogens with zero attached hydrogens (tertiary/aromatic N) is 2. The number of H-pyrrole nitrogens is 1. The van der Waals surface area contributed by atoms with Crippen molar-refractivity contribution in [3.8, 4) is 0 Å². The van der Waals surface area contributed by atoms with Gasteiger partial charge in [0.2, 0.25) is 0 Å². The second-order valence-corrected chi connectivity index (χ2v) is 5.10. The molecule has 4 nitrogen and oxygen atoms in total. The molecule has 18 heavy (non-hydrogen) atoms. The molecule has 0 saturated heterocycles. The Kier molecular flexibility index (Phi) is 2.85. The predicted molar refractivity (Wildman–Crippen MR) is 73.9 cm³/mol. The maximum atomic E-state index is 6.07. The minimum atomic E-state index is 0.528.